The first-order valence-electron chi connectivity index (χ1n) is 16.0. The van der Waals surface area contributed by atoms with E-state index in [1.165, 1.54) is 24.8 Å². The second kappa shape index (κ2) is 15.5. The first-order chi connectivity index (χ1) is 21.0. The number of amides is 2. The topological polar surface area (TPSA) is 64.7 Å². The number of carbonyl (C=O) groups is 2. The highest BCUT2D eigenvalue weighted by atomic mass is 35.5. The zero-order valence-corrected chi connectivity index (χ0v) is 26.1. The number of hydrogen-bond acceptors (Lipinski definition) is 4. The van der Waals surface area contributed by atoms with Gasteiger partial charge in [-0.05, 0) is 80.1 Å². The maximum Gasteiger partial charge on any atom is 0.251 e. The summed E-state index contributed by atoms with van der Waals surface area (Å²) in [6.07, 6.45) is 6.31. The number of piperidine rings is 1. The molecule has 0 bridgehead atoms. The van der Waals surface area contributed by atoms with E-state index >= 15 is 0 Å². The van der Waals surface area contributed by atoms with Crippen LogP contribution in [0.3, 0.4) is 0 Å². The Morgan fingerprint density at radius 3 is 2.42 bits per heavy atom. The van der Waals surface area contributed by atoms with Crippen molar-refractivity contribution in [1.82, 2.24) is 20.4 Å². The van der Waals surface area contributed by atoms with Crippen LogP contribution in [0.15, 0.2) is 78.9 Å². The predicted molar refractivity (Wildman–Crippen MR) is 176 cm³/mol. The Labute approximate surface area is 261 Å². The highest BCUT2D eigenvalue weighted by Crippen LogP contribution is 2.26. The van der Waals surface area contributed by atoms with Gasteiger partial charge in [-0.1, -0.05) is 85.6 Å². The molecule has 2 aliphatic heterocycles. The van der Waals surface area contributed by atoms with Crippen molar-refractivity contribution in [2.45, 2.75) is 63.5 Å². The normalized spacial score (nSPS) is 20.4. The number of benzene rings is 3. The Bertz CT molecular complexity index is 1330. The van der Waals surface area contributed by atoms with Crippen molar-refractivity contribution in [1.29, 1.82) is 0 Å². The van der Waals surface area contributed by atoms with E-state index in [2.05, 4.69) is 51.6 Å². The van der Waals surface area contributed by atoms with Crippen molar-refractivity contribution in [3.8, 4) is 11.1 Å². The number of likely N-dealkylation sites (tertiary alicyclic amines) is 1. The summed E-state index contributed by atoms with van der Waals surface area (Å²) in [5, 5.41) is 7.53. The molecule has 228 valence electrons. The molecule has 3 aromatic carbocycles. The van der Waals surface area contributed by atoms with Crippen LogP contribution in [-0.2, 0) is 4.79 Å². The third-order valence-corrected chi connectivity index (χ3v) is 9.27. The fraction of sp³-hybridized carbons (Fsp3) is 0.444. The maximum atomic E-state index is 14.0. The fourth-order valence-electron chi connectivity index (χ4n) is 6.46. The lowest BCUT2D eigenvalue weighted by Crippen LogP contribution is -2.50. The summed E-state index contributed by atoms with van der Waals surface area (Å²) in [5.41, 5.74) is 3.73. The van der Waals surface area contributed by atoms with Crippen LogP contribution in [0.2, 0.25) is 5.02 Å². The second-order valence-electron chi connectivity index (χ2n) is 12.0. The van der Waals surface area contributed by atoms with Gasteiger partial charge in [-0.15, -0.1) is 0 Å². The molecule has 2 amide bonds. The molecule has 43 heavy (non-hydrogen) atoms. The summed E-state index contributed by atoms with van der Waals surface area (Å²) in [5.74, 6) is 0.376. The molecule has 3 aromatic rings. The number of hydrogen-bond donors (Lipinski definition) is 2. The SMILES string of the molecule is CCC(CN1CCC(CNC(=O)c2ccccc2-c2ccc(Cl)cc2)NC(CCN2CCCCC2)C1=O)c1ccccc1. The fourth-order valence-corrected chi connectivity index (χ4v) is 6.59. The molecule has 6 nitrogen and oxygen atoms in total. The van der Waals surface area contributed by atoms with Crippen LogP contribution < -0.4 is 10.6 Å². The first-order valence-corrected chi connectivity index (χ1v) is 16.3. The molecular weight excluding hydrogens is 556 g/mol. The molecule has 2 aliphatic rings. The van der Waals surface area contributed by atoms with Gasteiger partial charge in [0.25, 0.3) is 5.91 Å². The molecule has 0 saturated carbocycles. The van der Waals surface area contributed by atoms with E-state index < -0.39 is 0 Å². The summed E-state index contributed by atoms with van der Waals surface area (Å²) in [7, 11) is 0. The van der Waals surface area contributed by atoms with Crippen LogP contribution in [0.1, 0.15) is 67.3 Å². The van der Waals surface area contributed by atoms with Crippen molar-refractivity contribution in [3.63, 3.8) is 0 Å². The molecule has 5 rings (SSSR count). The van der Waals surface area contributed by atoms with Crippen LogP contribution in [0.5, 0.6) is 0 Å². The van der Waals surface area contributed by atoms with Crippen LogP contribution in [0, 0.1) is 0 Å². The van der Waals surface area contributed by atoms with Crippen molar-refractivity contribution < 1.29 is 9.59 Å². The molecule has 2 fully saturated rings. The van der Waals surface area contributed by atoms with E-state index in [-0.39, 0.29) is 23.9 Å². The molecule has 0 aromatic heterocycles. The van der Waals surface area contributed by atoms with Gasteiger partial charge < -0.3 is 20.4 Å². The molecular formula is C36H45ClN4O2. The molecule has 2 heterocycles. The van der Waals surface area contributed by atoms with Gasteiger partial charge in [-0.3, -0.25) is 9.59 Å². The van der Waals surface area contributed by atoms with Crippen molar-refractivity contribution in [3.05, 3.63) is 95.0 Å². The van der Waals surface area contributed by atoms with Crippen molar-refractivity contribution >= 4 is 23.4 Å². The summed E-state index contributed by atoms with van der Waals surface area (Å²) < 4.78 is 0. The Hall–Kier alpha value is -3.19. The predicted octanol–water partition coefficient (Wildman–Crippen LogP) is 6.37. The lowest BCUT2D eigenvalue weighted by atomic mass is 9.95. The summed E-state index contributed by atoms with van der Waals surface area (Å²) in [6.45, 7) is 7.20. The van der Waals surface area contributed by atoms with Gasteiger partial charge >= 0.3 is 0 Å². The lowest BCUT2D eigenvalue weighted by molar-refractivity contribution is -0.133. The van der Waals surface area contributed by atoms with Gasteiger partial charge in [-0.25, -0.2) is 0 Å². The lowest BCUT2D eigenvalue weighted by Gasteiger charge is -2.31. The molecule has 0 aliphatic carbocycles. The molecule has 7 heteroatoms. The zero-order valence-electron chi connectivity index (χ0n) is 25.3. The number of nitrogens with zero attached hydrogens (tertiary/aromatic N) is 2. The summed E-state index contributed by atoms with van der Waals surface area (Å²) in [4.78, 5) is 32.0. The highest BCUT2D eigenvalue weighted by Gasteiger charge is 2.32. The zero-order chi connectivity index (χ0) is 30.0. The number of rotatable bonds is 11. The van der Waals surface area contributed by atoms with Gasteiger partial charge in [-0.2, -0.15) is 0 Å². The maximum absolute atomic E-state index is 14.0. The Balaban J connectivity index is 1.28. The Morgan fingerprint density at radius 2 is 1.67 bits per heavy atom. The van der Waals surface area contributed by atoms with Crippen LogP contribution in [-0.4, -0.2) is 73.0 Å². The van der Waals surface area contributed by atoms with E-state index in [0.29, 0.717) is 29.6 Å². The molecule has 2 saturated heterocycles. The van der Waals surface area contributed by atoms with Gasteiger partial charge in [0.05, 0.1) is 6.04 Å². The minimum atomic E-state index is -0.263. The van der Waals surface area contributed by atoms with Crippen LogP contribution >= 0.6 is 11.6 Å². The van der Waals surface area contributed by atoms with E-state index in [4.69, 9.17) is 11.6 Å². The van der Waals surface area contributed by atoms with E-state index in [1.807, 2.05) is 54.6 Å². The third kappa shape index (κ3) is 8.47. The number of carbonyl (C=O) groups excluding carboxylic acids is 2. The Morgan fingerprint density at radius 1 is 0.953 bits per heavy atom. The second-order valence-corrected chi connectivity index (χ2v) is 12.4. The van der Waals surface area contributed by atoms with Crippen LogP contribution in [0.4, 0.5) is 0 Å². The smallest absolute Gasteiger partial charge is 0.251 e. The molecule has 3 atom stereocenters. The quantitative estimate of drug-likeness (QED) is 0.269. The molecule has 0 spiro atoms. The van der Waals surface area contributed by atoms with Crippen LogP contribution in [0.25, 0.3) is 11.1 Å². The molecule has 0 radical (unpaired) electrons. The third-order valence-electron chi connectivity index (χ3n) is 9.02. The first kappa shape index (κ1) is 31.2. The standard InChI is InChI=1S/C36H45ClN4O2/c1-2-27(28-11-5-3-6-12-28)26-41-24-19-31(39-34(36(41)43)20-23-40-21-9-4-10-22-40)25-38-35(42)33-14-8-7-13-32(33)29-15-17-30(37)18-16-29/h3,5-8,11-18,27,31,34,39H,2,4,9-10,19-26H2,1H3,(H,38,42). The van der Waals surface area contributed by atoms with Gasteiger partial charge in [0, 0.05) is 48.7 Å². The number of halogens is 1. The largest absolute Gasteiger partial charge is 0.350 e. The average Bonchev–Trinajstić information content (AvgIpc) is 3.20. The van der Waals surface area contributed by atoms with Crippen molar-refractivity contribution in [2.75, 3.05) is 39.3 Å². The number of nitrogens with one attached hydrogen (secondary N) is 2. The van der Waals surface area contributed by atoms with Gasteiger partial charge in [0.15, 0.2) is 0 Å². The van der Waals surface area contributed by atoms with E-state index in [1.54, 1.807) is 0 Å². The summed E-state index contributed by atoms with van der Waals surface area (Å²) in [6, 6.07) is 25.5. The van der Waals surface area contributed by atoms with Gasteiger partial charge in [0.2, 0.25) is 5.91 Å². The Kier molecular flexibility index (Phi) is 11.3. The summed E-state index contributed by atoms with van der Waals surface area (Å²) >= 11 is 6.10. The highest BCUT2D eigenvalue weighted by molar-refractivity contribution is 6.30. The van der Waals surface area contributed by atoms with E-state index in [0.717, 1.165) is 56.6 Å². The van der Waals surface area contributed by atoms with E-state index in [9.17, 15) is 9.59 Å². The molecule has 3 unspecified atom stereocenters. The monoisotopic (exact) mass is 600 g/mol. The van der Waals surface area contributed by atoms with Crippen molar-refractivity contribution in [2.24, 2.45) is 0 Å². The average molecular weight is 601 g/mol. The van der Waals surface area contributed by atoms with Gasteiger partial charge in [0.1, 0.15) is 0 Å². The minimum absolute atomic E-state index is 0.00347. The molecule has 2 N–H and O–H groups in total. The minimum Gasteiger partial charge on any atom is -0.350 e.